The van der Waals surface area contributed by atoms with E-state index in [4.69, 9.17) is 0 Å². The molecule has 2 nitrogen and oxygen atoms in total. The second kappa shape index (κ2) is 7.13. The maximum Gasteiger partial charge on any atom is 0.0437 e. The lowest BCUT2D eigenvalue weighted by molar-refractivity contribution is 0.671. The number of nitrogens with one attached hydrogen (secondary N) is 1. The Morgan fingerprint density at radius 2 is 2.12 bits per heavy atom. The lowest BCUT2D eigenvalue weighted by Gasteiger charge is -2.21. The van der Waals surface area contributed by atoms with Crippen LogP contribution in [0.5, 0.6) is 0 Å². The normalized spacial score (nSPS) is 10.3. The van der Waals surface area contributed by atoms with Gasteiger partial charge in [-0.3, -0.25) is 0 Å². The second-order valence-corrected chi connectivity index (χ2v) is 4.50. The Balaban J connectivity index is 2.61. The molecule has 0 fully saturated rings. The van der Waals surface area contributed by atoms with E-state index in [9.17, 15) is 0 Å². The fraction of sp³-hybridized carbons (Fsp3) is 0.467. The summed E-state index contributed by atoms with van der Waals surface area (Å²) >= 11 is 0. The van der Waals surface area contributed by atoms with Crippen LogP contribution in [0.4, 0.5) is 5.69 Å². The zero-order valence-corrected chi connectivity index (χ0v) is 11.3. The van der Waals surface area contributed by atoms with Crippen LogP contribution in [0.2, 0.25) is 0 Å². The van der Waals surface area contributed by atoms with Crippen LogP contribution in [-0.4, -0.2) is 27.2 Å². The first-order chi connectivity index (χ1) is 8.19. The molecule has 0 saturated carbocycles. The fourth-order valence-corrected chi connectivity index (χ4v) is 1.96. The molecule has 0 amide bonds. The molecule has 1 N–H and O–H groups in total. The van der Waals surface area contributed by atoms with Gasteiger partial charge in [0, 0.05) is 19.3 Å². The van der Waals surface area contributed by atoms with Gasteiger partial charge in [0.05, 0.1) is 0 Å². The van der Waals surface area contributed by atoms with Crippen molar-refractivity contribution in [1.82, 2.24) is 5.32 Å². The van der Waals surface area contributed by atoms with Gasteiger partial charge in [-0.05, 0) is 51.1 Å². The molecule has 17 heavy (non-hydrogen) atoms. The molecular formula is C15H24N2. The highest BCUT2D eigenvalue weighted by molar-refractivity contribution is 5.67. The minimum Gasteiger partial charge on any atom is -0.374 e. The van der Waals surface area contributed by atoms with Gasteiger partial charge >= 0.3 is 0 Å². The molecule has 0 aliphatic heterocycles. The van der Waals surface area contributed by atoms with Gasteiger partial charge in [-0.25, -0.2) is 0 Å². The molecule has 1 rings (SSSR count). The van der Waals surface area contributed by atoms with Crippen LogP contribution in [0.1, 0.15) is 24.0 Å². The van der Waals surface area contributed by atoms with Crippen molar-refractivity contribution in [3.63, 3.8) is 0 Å². The Kier molecular flexibility index (Phi) is 5.78. The van der Waals surface area contributed by atoms with Gasteiger partial charge in [0.2, 0.25) is 0 Å². The van der Waals surface area contributed by atoms with Crippen molar-refractivity contribution in [1.29, 1.82) is 0 Å². The number of nitrogens with zero attached hydrogens (tertiary/aromatic N) is 1. The van der Waals surface area contributed by atoms with Crippen LogP contribution < -0.4 is 10.2 Å². The van der Waals surface area contributed by atoms with Crippen LogP contribution in [0.15, 0.2) is 24.8 Å². The van der Waals surface area contributed by atoms with Crippen LogP contribution in [0, 0.1) is 6.92 Å². The second-order valence-electron chi connectivity index (χ2n) is 4.50. The summed E-state index contributed by atoms with van der Waals surface area (Å²) in [6.07, 6.45) is 4.37. The van der Waals surface area contributed by atoms with E-state index in [0.29, 0.717) is 0 Å². The molecule has 1 aromatic carbocycles. The minimum atomic E-state index is 1.09. The van der Waals surface area contributed by atoms with Crippen LogP contribution in [0.3, 0.4) is 0 Å². The number of anilines is 1. The smallest absolute Gasteiger partial charge is 0.0437 e. The monoisotopic (exact) mass is 232 g/mol. The first-order valence-corrected chi connectivity index (χ1v) is 6.28. The van der Waals surface area contributed by atoms with E-state index in [1.54, 1.807) is 0 Å². The Morgan fingerprint density at radius 3 is 2.76 bits per heavy atom. The molecule has 0 aliphatic carbocycles. The topological polar surface area (TPSA) is 15.3 Å². The van der Waals surface area contributed by atoms with E-state index in [-0.39, 0.29) is 0 Å². The lowest BCUT2D eigenvalue weighted by atomic mass is 10.1. The maximum atomic E-state index is 3.89. The SMILES string of the molecule is C=Cc1cc(C)ccc1N(C)CCCCNC. The van der Waals surface area contributed by atoms with Gasteiger partial charge in [0.15, 0.2) is 0 Å². The summed E-state index contributed by atoms with van der Waals surface area (Å²) in [5, 5.41) is 3.18. The zero-order valence-electron chi connectivity index (χ0n) is 11.3. The van der Waals surface area contributed by atoms with Gasteiger partial charge in [-0.1, -0.05) is 24.3 Å². The summed E-state index contributed by atoms with van der Waals surface area (Å²) in [6, 6.07) is 6.53. The molecule has 0 bridgehead atoms. The number of benzene rings is 1. The van der Waals surface area contributed by atoms with E-state index < -0.39 is 0 Å². The Hall–Kier alpha value is -1.28. The van der Waals surface area contributed by atoms with Gasteiger partial charge < -0.3 is 10.2 Å². The average molecular weight is 232 g/mol. The predicted molar refractivity (Wildman–Crippen MR) is 77.7 cm³/mol. The molecule has 94 valence electrons. The van der Waals surface area contributed by atoms with Crippen molar-refractivity contribution in [3.8, 4) is 0 Å². The number of aryl methyl sites for hydroxylation is 1. The molecule has 1 aromatic rings. The number of unbranched alkanes of at least 4 members (excludes halogenated alkanes) is 1. The molecule has 0 aliphatic rings. The summed E-state index contributed by atoms with van der Waals surface area (Å²) in [4.78, 5) is 2.31. The quantitative estimate of drug-likeness (QED) is 0.727. The molecule has 0 atom stereocenters. The third kappa shape index (κ3) is 4.23. The highest BCUT2D eigenvalue weighted by Crippen LogP contribution is 2.22. The zero-order chi connectivity index (χ0) is 12.7. The first-order valence-electron chi connectivity index (χ1n) is 6.28. The third-order valence-electron chi connectivity index (χ3n) is 2.98. The molecular weight excluding hydrogens is 208 g/mol. The molecule has 0 saturated heterocycles. The highest BCUT2D eigenvalue weighted by atomic mass is 15.1. The van der Waals surface area contributed by atoms with Crippen LogP contribution in [-0.2, 0) is 0 Å². The predicted octanol–water partition coefficient (Wildman–Crippen LogP) is 3.07. The summed E-state index contributed by atoms with van der Waals surface area (Å²) in [5.41, 5.74) is 3.78. The Bertz CT molecular complexity index is 358. The summed E-state index contributed by atoms with van der Waals surface area (Å²) in [6.45, 7) is 8.19. The molecule has 0 radical (unpaired) electrons. The highest BCUT2D eigenvalue weighted by Gasteiger charge is 2.04. The average Bonchev–Trinajstić information content (AvgIpc) is 2.34. The van der Waals surface area contributed by atoms with E-state index in [1.807, 2.05) is 13.1 Å². The minimum absolute atomic E-state index is 1.09. The van der Waals surface area contributed by atoms with E-state index >= 15 is 0 Å². The fourth-order valence-electron chi connectivity index (χ4n) is 1.96. The van der Waals surface area contributed by atoms with Crippen LogP contribution >= 0.6 is 0 Å². The maximum absolute atomic E-state index is 3.89. The van der Waals surface area contributed by atoms with Crippen molar-refractivity contribution < 1.29 is 0 Å². The van der Waals surface area contributed by atoms with Gasteiger partial charge in [0.1, 0.15) is 0 Å². The molecule has 0 unspecified atom stereocenters. The van der Waals surface area contributed by atoms with Crippen LogP contribution in [0.25, 0.3) is 6.08 Å². The van der Waals surface area contributed by atoms with E-state index in [2.05, 4.69) is 49.0 Å². The molecule has 2 heteroatoms. The standard InChI is InChI=1S/C15H24N2/c1-5-14-12-13(2)8-9-15(14)17(4)11-7-6-10-16-3/h5,8-9,12,16H,1,6-7,10-11H2,2-4H3. The third-order valence-corrected chi connectivity index (χ3v) is 2.98. The summed E-state index contributed by atoms with van der Waals surface area (Å²) in [7, 11) is 4.15. The Labute approximate surface area is 105 Å². The molecule has 0 spiro atoms. The van der Waals surface area contributed by atoms with E-state index in [0.717, 1.165) is 13.1 Å². The van der Waals surface area contributed by atoms with Crippen molar-refractivity contribution in [2.75, 3.05) is 32.1 Å². The summed E-state index contributed by atoms with van der Waals surface area (Å²) < 4.78 is 0. The summed E-state index contributed by atoms with van der Waals surface area (Å²) in [5.74, 6) is 0. The van der Waals surface area contributed by atoms with Crippen molar-refractivity contribution in [2.24, 2.45) is 0 Å². The van der Waals surface area contributed by atoms with Gasteiger partial charge in [-0.2, -0.15) is 0 Å². The van der Waals surface area contributed by atoms with Crippen molar-refractivity contribution >= 4 is 11.8 Å². The number of rotatable bonds is 7. The van der Waals surface area contributed by atoms with Crippen molar-refractivity contribution in [2.45, 2.75) is 19.8 Å². The lowest BCUT2D eigenvalue weighted by Crippen LogP contribution is -2.20. The first kappa shape index (κ1) is 13.8. The molecule has 0 heterocycles. The number of hydrogen-bond acceptors (Lipinski definition) is 2. The Morgan fingerprint density at radius 1 is 1.35 bits per heavy atom. The van der Waals surface area contributed by atoms with Crippen molar-refractivity contribution in [3.05, 3.63) is 35.9 Å². The number of hydrogen-bond donors (Lipinski definition) is 1. The molecule has 0 aromatic heterocycles. The van der Waals surface area contributed by atoms with Gasteiger partial charge in [-0.15, -0.1) is 0 Å². The largest absolute Gasteiger partial charge is 0.374 e. The van der Waals surface area contributed by atoms with E-state index in [1.165, 1.54) is 29.7 Å². The van der Waals surface area contributed by atoms with Gasteiger partial charge in [0.25, 0.3) is 0 Å².